The molecule has 0 saturated heterocycles. The van der Waals surface area contributed by atoms with Crippen LogP contribution in [0.3, 0.4) is 0 Å². The molecule has 0 aliphatic carbocycles. The van der Waals surface area contributed by atoms with Gasteiger partial charge in [-0.25, -0.2) is 0 Å². The van der Waals surface area contributed by atoms with Crippen LogP contribution >= 0.6 is 0 Å². The van der Waals surface area contributed by atoms with Crippen molar-refractivity contribution in [3.05, 3.63) is 168 Å². The molecule has 0 aliphatic heterocycles. The summed E-state index contributed by atoms with van der Waals surface area (Å²) in [7, 11) is -1.74. The standard InChI is InChI=1S/C39H31N2O.C15H18NSi.Ir/c1-23(2)27-13-9-14-28(24(3)4)37(27)41-35-18-8-7-17-34(35)40-39(41)31-16-10-15-30-33-22-32-26(21-36(33)42-38(30)31)20-19-25-11-5-6-12-29(25)32;1-12-10-14(13-8-6-5-7-9-13)16-11-15(12)17(2,3)4;/h5-15,17-24H,1-4H3;5-8,10-11H,1-4H3;/q2*-1;/i;1D3;. The molecule has 0 spiro atoms. The zero-order chi connectivity index (χ0) is 43.5. The van der Waals surface area contributed by atoms with Crippen molar-refractivity contribution in [1.29, 1.82) is 0 Å². The van der Waals surface area contributed by atoms with Gasteiger partial charge in [0.25, 0.3) is 0 Å². The molecule has 0 amide bonds. The Balaban J connectivity index is 0.000000219. The van der Waals surface area contributed by atoms with Crippen molar-refractivity contribution < 1.29 is 28.6 Å². The predicted octanol–water partition coefficient (Wildman–Crippen LogP) is 14.3. The van der Waals surface area contributed by atoms with E-state index in [2.05, 4.69) is 166 Å². The van der Waals surface area contributed by atoms with E-state index in [1.54, 1.807) is 18.3 Å². The monoisotopic (exact) mass is 979 g/mol. The van der Waals surface area contributed by atoms with Crippen LogP contribution in [-0.2, 0) is 20.1 Å². The molecule has 0 unspecified atom stereocenters. The van der Waals surface area contributed by atoms with Gasteiger partial charge in [0.15, 0.2) is 0 Å². The zero-order valence-electron chi connectivity index (χ0n) is 38.0. The molecule has 0 N–H and O–H groups in total. The quantitative estimate of drug-likeness (QED) is 0.0947. The number of fused-ring (bicyclic) bond motifs is 7. The minimum absolute atomic E-state index is 0. The van der Waals surface area contributed by atoms with Gasteiger partial charge in [0.2, 0.25) is 0 Å². The van der Waals surface area contributed by atoms with Crippen molar-refractivity contribution >= 4 is 67.8 Å². The van der Waals surface area contributed by atoms with Crippen molar-refractivity contribution in [3.8, 4) is 28.3 Å². The third kappa shape index (κ3) is 7.42. The van der Waals surface area contributed by atoms with Gasteiger partial charge in [-0.3, -0.25) is 4.98 Å². The van der Waals surface area contributed by atoms with E-state index in [-0.39, 0.29) is 20.1 Å². The summed E-state index contributed by atoms with van der Waals surface area (Å²) in [4.78, 5) is 9.69. The summed E-state index contributed by atoms with van der Waals surface area (Å²) in [5, 5.41) is 7.98. The molecule has 10 aromatic rings. The number of rotatable bonds is 6. The van der Waals surface area contributed by atoms with E-state index < -0.39 is 14.9 Å². The van der Waals surface area contributed by atoms with Crippen LogP contribution in [-0.4, -0.2) is 22.6 Å². The van der Waals surface area contributed by atoms with Gasteiger partial charge >= 0.3 is 0 Å². The molecule has 0 atom stereocenters. The number of aromatic nitrogens is 3. The summed E-state index contributed by atoms with van der Waals surface area (Å²) in [5.41, 5.74) is 10.4. The molecule has 10 rings (SSSR count). The van der Waals surface area contributed by atoms with Gasteiger partial charge < -0.3 is 14.0 Å². The van der Waals surface area contributed by atoms with Crippen LogP contribution in [0.2, 0.25) is 19.6 Å². The molecule has 0 bridgehead atoms. The molecule has 3 aromatic heterocycles. The molecule has 0 aliphatic rings. The Morgan fingerprint density at radius 1 is 0.683 bits per heavy atom. The molecule has 301 valence electrons. The van der Waals surface area contributed by atoms with Crippen molar-refractivity contribution in [2.45, 2.75) is 66.0 Å². The minimum atomic E-state index is -2.11. The maximum absolute atomic E-state index is 7.77. The Morgan fingerprint density at radius 2 is 1.42 bits per heavy atom. The number of furan rings is 1. The van der Waals surface area contributed by atoms with E-state index in [0.717, 1.165) is 55.1 Å². The van der Waals surface area contributed by atoms with Crippen molar-refractivity contribution in [1.82, 2.24) is 14.5 Å². The summed E-state index contributed by atoms with van der Waals surface area (Å²) in [5.74, 6) is 1.55. The summed E-state index contributed by atoms with van der Waals surface area (Å²) in [6, 6.07) is 52.5. The number of hydrogen-bond donors (Lipinski definition) is 0. The normalized spacial score (nSPS) is 12.8. The number of imidazole rings is 1. The molecular formula is C54H49IrN3OSi-2. The first kappa shape index (κ1) is 37.4. The number of nitrogens with zero attached hydrogens (tertiary/aromatic N) is 3. The Kier molecular flexibility index (Phi) is 10.2. The van der Waals surface area contributed by atoms with Gasteiger partial charge in [-0.1, -0.05) is 137 Å². The van der Waals surface area contributed by atoms with E-state index >= 15 is 0 Å². The van der Waals surface area contributed by atoms with E-state index in [9.17, 15) is 0 Å². The van der Waals surface area contributed by atoms with Crippen molar-refractivity contribution in [2.24, 2.45) is 0 Å². The Bertz CT molecular complexity index is 3260. The average Bonchev–Trinajstić information content (AvgIpc) is 3.83. The summed E-state index contributed by atoms with van der Waals surface area (Å²) < 4.78 is 32.4. The van der Waals surface area contributed by atoms with Crippen molar-refractivity contribution in [3.63, 3.8) is 0 Å². The van der Waals surface area contributed by atoms with Crippen LogP contribution in [0, 0.1) is 19.0 Å². The van der Waals surface area contributed by atoms with E-state index in [1.807, 2.05) is 24.3 Å². The van der Waals surface area contributed by atoms with Gasteiger partial charge in [-0.2, -0.15) is 0 Å². The van der Waals surface area contributed by atoms with Crippen LogP contribution in [0.5, 0.6) is 0 Å². The fourth-order valence-electron chi connectivity index (χ4n) is 8.35. The molecule has 60 heavy (non-hydrogen) atoms. The Morgan fingerprint density at radius 3 is 2.15 bits per heavy atom. The van der Waals surface area contributed by atoms with E-state index in [0.29, 0.717) is 23.1 Å². The molecule has 0 saturated carbocycles. The van der Waals surface area contributed by atoms with Crippen molar-refractivity contribution in [2.75, 3.05) is 0 Å². The molecule has 1 radical (unpaired) electrons. The molecule has 6 heteroatoms. The zero-order valence-corrected chi connectivity index (χ0v) is 38.4. The fourth-order valence-corrected chi connectivity index (χ4v) is 9.68. The summed E-state index contributed by atoms with van der Waals surface area (Å²) >= 11 is 0. The third-order valence-corrected chi connectivity index (χ3v) is 13.4. The van der Waals surface area contributed by atoms with Crippen LogP contribution in [0.15, 0.2) is 144 Å². The number of benzene rings is 7. The van der Waals surface area contributed by atoms with Gasteiger partial charge in [0, 0.05) is 41.5 Å². The largest absolute Gasteiger partial charge is 0.501 e. The maximum atomic E-state index is 7.77. The smallest absolute Gasteiger partial charge is 0.121 e. The molecule has 0 fully saturated rings. The Labute approximate surface area is 371 Å². The first-order valence-electron chi connectivity index (χ1n) is 22.0. The molecular weight excluding hydrogens is 927 g/mol. The average molecular weight is 979 g/mol. The number of aryl methyl sites for hydroxylation is 1. The molecule has 4 nitrogen and oxygen atoms in total. The molecule has 3 heterocycles. The minimum Gasteiger partial charge on any atom is -0.501 e. The second kappa shape index (κ2) is 16.4. The first-order chi connectivity index (χ1) is 29.7. The second-order valence-electron chi connectivity index (χ2n) is 17.0. The topological polar surface area (TPSA) is 43.9 Å². The van der Waals surface area contributed by atoms with Crippen LogP contribution in [0.25, 0.3) is 82.8 Å². The van der Waals surface area contributed by atoms with E-state index in [1.165, 1.54) is 38.4 Å². The second-order valence-corrected chi connectivity index (χ2v) is 22.1. The number of hydrogen-bond acceptors (Lipinski definition) is 3. The third-order valence-electron chi connectivity index (χ3n) is 11.3. The molecule has 7 aromatic carbocycles. The number of para-hydroxylation sites is 3. The fraction of sp³-hybridized carbons (Fsp3) is 0.185. The summed E-state index contributed by atoms with van der Waals surface area (Å²) in [6.45, 7) is 13.4. The van der Waals surface area contributed by atoms with Crippen LogP contribution < -0.4 is 5.19 Å². The SMILES string of the molecule is CC(C)c1cccc(C(C)C)c1-n1c(-c2[c-]ccc3c2oc2cc4ccc5ccccc5c4cc23)nc2ccccc21.[2H]C([2H])([2H])c1cc(-c2[c-]cccc2)ncc1[Si](C)(C)C.[Ir]. The van der Waals surface area contributed by atoms with Gasteiger partial charge in [-0.05, 0) is 86.5 Å². The van der Waals surface area contributed by atoms with Gasteiger partial charge in [-0.15, -0.1) is 54.1 Å². The predicted molar refractivity (Wildman–Crippen MR) is 252 cm³/mol. The summed E-state index contributed by atoms with van der Waals surface area (Å²) in [6.07, 6.45) is 1.74. The van der Waals surface area contributed by atoms with Gasteiger partial charge in [0.05, 0.1) is 30.5 Å². The van der Waals surface area contributed by atoms with Gasteiger partial charge in [0.1, 0.15) is 5.58 Å². The number of pyridine rings is 1. The van der Waals surface area contributed by atoms with E-state index in [4.69, 9.17) is 13.5 Å². The van der Waals surface area contributed by atoms with Crippen LogP contribution in [0.4, 0.5) is 0 Å². The first-order valence-corrected chi connectivity index (χ1v) is 24.0. The maximum Gasteiger partial charge on any atom is 0.121 e. The van der Waals surface area contributed by atoms with Crippen LogP contribution in [0.1, 0.15) is 60.3 Å². The Hall–Kier alpha value is -5.65.